The Morgan fingerprint density at radius 1 is 1.58 bits per heavy atom. The lowest BCUT2D eigenvalue weighted by atomic mass is 10.4. The standard InChI is InChI=1S/C4H7BN3O3S/c1-3(9)6-12(11)7-4(10)8(2)5/h1-2H3,(H,6,7,9,10,11)/q-1. The fraction of sp³-hybridized carbons (Fsp3) is 0.500. The lowest BCUT2D eigenvalue weighted by molar-refractivity contribution is -0.117. The van der Waals surface area contributed by atoms with E-state index in [0.717, 1.165) is 6.92 Å². The Labute approximate surface area is 73.1 Å². The molecule has 0 aliphatic carbocycles. The Morgan fingerprint density at radius 3 is 2.42 bits per heavy atom. The quantitative estimate of drug-likeness (QED) is 0.437. The molecule has 0 aromatic carbocycles. The molecule has 0 aliphatic heterocycles. The Kier molecular flexibility index (Phi) is 4.34. The zero-order chi connectivity index (χ0) is 9.72. The normalized spacial score (nSPS) is 12.2. The zero-order valence-electron chi connectivity index (χ0n) is 6.60. The van der Waals surface area contributed by atoms with Crippen LogP contribution in [0.3, 0.4) is 0 Å². The predicted octanol–water partition coefficient (Wildman–Crippen LogP) is -0.680. The van der Waals surface area contributed by atoms with Gasteiger partial charge >= 0.3 is 6.03 Å². The summed E-state index contributed by atoms with van der Waals surface area (Å²) in [6.07, 6.45) is 0. The van der Waals surface area contributed by atoms with Gasteiger partial charge in [0.1, 0.15) is 0 Å². The first-order valence-corrected chi connectivity index (χ1v) is 3.97. The molecular weight excluding hydrogens is 181 g/mol. The minimum atomic E-state index is -2.05. The van der Waals surface area contributed by atoms with E-state index in [2.05, 4.69) is 4.36 Å². The number of hydrogen-bond donors (Lipinski definition) is 1. The van der Waals surface area contributed by atoms with E-state index in [0.29, 0.717) is 4.81 Å². The van der Waals surface area contributed by atoms with Crippen molar-refractivity contribution >= 4 is 30.7 Å². The van der Waals surface area contributed by atoms with Gasteiger partial charge in [0.05, 0.1) is 0 Å². The summed E-state index contributed by atoms with van der Waals surface area (Å²) < 4.78 is 15.6. The maximum Gasteiger partial charge on any atom is 0.308 e. The van der Waals surface area contributed by atoms with Crippen molar-refractivity contribution in [3.8, 4) is 0 Å². The van der Waals surface area contributed by atoms with Crippen molar-refractivity contribution in [3.63, 3.8) is 0 Å². The Morgan fingerprint density at radius 2 is 2.08 bits per heavy atom. The molecule has 0 bridgehead atoms. The summed E-state index contributed by atoms with van der Waals surface area (Å²) in [5.74, 6) is -0.537. The second-order valence-corrected chi connectivity index (χ2v) is 2.78. The van der Waals surface area contributed by atoms with Gasteiger partial charge in [0.25, 0.3) is 0 Å². The van der Waals surface area contributed by atoms with Crippen LogP contribution in [-0.4, -0.2) is 31.8 Å². The minimum Gasteiger partial charge on any atom is -0.424 e. The highest BCUT2D eigenvalue weighted by Crippen LogP contribution is 1.83. The van der Waals surface area contributed by atoms with Crippen molar-refractivity contribution in [1.29, 1.82) is 0 Å². The van der Waals surface area contributed by atoms with Gasteiger partial charge in [-0.1, -0.05) is 10.8 Å². The van der Waals surface area contributed by atoms with Crippen LogP contribution in [-0.2, 0) is 19.8 Å². The van der Waals surface area contributed by atoms with E-state index in [-0.39, 0.29) is 0 Å². The third kappa shape index (κ3) is 4.72. The van der Waals surface area contributed by atoms with Crippen LogP contribution in [0.1, 0.15) is 6.92 Å². The van der Waals surface area contributed by atoms with Crippen LogP contribution in [0.2, 0.25) is 0 Å². The van der Waals surface area contributed by atoms with Crippen molar-refractivity contribution in [2.45, 2.75) is 6.92 Å². The number of amides is 3. The summed E-state index contributed by atoms with van der Waals surface area (Å²) in [5.41, 5.74) is 0. The Bertz CT molecular complexity index is 271. The monoisotopic (exact) mass is 188 g/mol. The molecule has 0 spiro atoms. The number of rotatable bonds is 1. The molecule has 0 saturated heterocycles. The van der Waals surface area contributed by atoms with Gasteiger partial charge in [-0.15, -0.1) is 0 Å². The highest BCUT2D eigenvalue weighted by molar-refractivity contribution is 7.73. The molecule has 0 saturated carbocycles. The predicted molar refractivity (Wildman–Crippen MR) is 43.2 cm³/mol. The third-order valence-electron chi connectivity index (χ3n) is 0.694. The molecule has 0 aromatic rings. The summed E-state index contributed by atoms with van der Waals surface area (Å²) in [5, 5.41) is 0. The van der Waals surface area contributed by atoms with Crippen LogP contribution in [0.4, 0.5) is 4.79 Å². The number of nitrogens with zero attached hydrogens (tertiary/aromatic N) is 2. The molecule has 12 heavy (non-hydrogen) atoms. The van der Waals surface area contributed by atoms with Gasteiger partial charge in [0, 0.05) is 6.92 Å². The van der Waals surface area contributed by atoms with Crippen molar-refractivity contribution in [3.05, 3.63) is 0 Å². The molecule has 0 rings (SSSR count). The first kappa shape index (κ1) is 11.0. The first-order chi connectivity index (χ1) is 5.43. The average molecular weight is 188 g/mol. The van der Waals surface area contributed by atoms with E-state index in [1.807, 2.05) is 4.72 Å². The minimum absolute atomic E-state index is 0.537. The molecule has 0 fully saturated rings. The highest BCUT2D eigenvalue weighted by Gasteiger charge is 1.94. The molecule has 66 valence electrons. The smallest absolute Gasteiger partial charge is 0.308 e. The van der Waals surface area contributed by atoms with Gasteiger partial charge in [-0.05, 0) is 7.05 Å². The van der Waals surface area contributed by atoms with E-state index in [1.165, 1.54) is 7.05 Å². The number of hydrogen-bond acceptors (Lipinski definition) is 4. The average Bonchev–Trinajstić information content (AvgIpc) is 1.84. The number of carbonyl (C=O) groups excluding carboxylic acids is 2. The van der Waals surface area contributed by atoms with Crippen LogP contribution < -0.4 is 4.72 Å². The summed E-state index contributed by atoms with van der Waals surface area (Å²) in [6.45, 7) is 1.16. The molecule has 0 aliphatic rings. The van der Waals surface area contributed by atoms with E-state index >= 15 is 0 Å². The Balaban J connectivity index is 4.27. The van der Waals surface area contributed by atoms with Crippen LogP contribution in [0, 0.1) is 0 Å². The second-order valence-electron chi connectivity index (χ2n) is 1.89. The van der Waals surface area contributed by atoms with E-state index in [4.69, 9.17) is 7.98 Å². The van der Waals surface area contributed by atoms with Crippen molar-refractivity contribution in [2.24, 2.45) is 4.36 Å². The fourth-order valence-electron chi connectivity index (χ4n) is 0.281. The Hall–Kier alpha value is -1.05. The second kappa shape index (κ2) is 4.76. The summed E-state index contributed by atoms with van der Waals surface area (Å²) in [6, 6.07) is -0.873. The van der Waals surface area contributed by atoms with Crippen LogP contribution >= 0.6 is 0 Å². The van der Waals surface area contributed by atoms with Crippen LogP contribution in [0.15, 0.2) is 4.36 Å². The number of nitrogens with one attached hydrogen (secondary N) is 1. The summed E-state index contributed by atoms with van der Waals surface area (Å²) in [4.78, 5) is 21.6. The van der Waals surface area contributed by atoms with Gasteiger partial charge in [-0.25, -0.2) is 4.79 Å². The lowest BCUT2D eigenvalue weighted by Crippen LogP contribution is -2.23. The van der Waals surface area contributed by atoms with Gasteiger partial charge in [0.15, 0.2) is 0 Å². The number of carbonyl (C=O) groups is 2. The topological polar surface area (TPSA) is 78.8 Å². The maximum atomic E-state index is 10.7. The molecule has 0 unspecified atom stereocenters. The highest BCUT2D eigenvalue weighted by atomic mass is 32.2. The van der Waals surface area contributed by atoms with Gasteiger partial charge < -0.3 is 13.7 Å². The summed E-state index contributed by atoms with van der Waals surface area (Å²) in [7, 11) is 4.16. The van der Waals surface area contributed by atoms with Gasteiger partial charge in [0.2, 0.25) is 13.9 Å². The van der Waals surface area contributed by atoms with Crippen molar-refractivity contribution in [2.75, 3.05) is 7.05 Å². The fourth-order valence-corrected chi connectivity index (χ4v) is 0.843. The van der Waals surface area contributed by atoms with Crippen LogP contribution in [0.25, 0.3) is 0 Å². The van der Waals surface area contributed by atoms with Gasteiger partial charge in [-0.3, -0.25) is 9.16 Å². The molecule has 1 N–H and O–H groups in total. The maximum absolute atomic E-state index is 10.7. The van der Waals surface area contributed by atoms with E-state index in [9.17, 15) is 13.8 Å². The molecule has 0 heterocycles. The molecular formula is C4H7BN3O3S-. The molecule has 3 amide bonds. The van der Waals surface area contributed by atoms with Crippen LogP contribution in [0.5, 0.6) is 0 Å². The van der Waals surface area contributed by atoms with Crippen molar-refractivity contribution in [1.82, 2.24) is 9.53 Å². The SMILES string of the molecule is [B]N(C)C(=O)N=[S-](=O)NC(C)=O. The van der Waals surface area contributed by atoms with Gasteiger partial charge in [-0.2, -0.15) is 0 Å². The molecule has 0 atom stereocenters. The molecule has 0 aromatic heterocycles. The molecule has 8 heteroatoms. The third-order valence-corrected chi connectivity index (χ3v) is 1.48. The largest absolute Gasteiger partial charge is 0.424 e. The van der Waals surface area contributed by atoms with E-state index in [1.54, 1.807) is 0 Å². The van der Waals surface area contributed by atoms with E-state index < -0.39 is 22.7 Å². The lowest BCUT2D eigenvalue weighted by Gasteiger charge is -2.09. The molecule has 2 radical (unpaired) electrons. The molecule has 6 nitrogen and oxygen atoms in total. The zero-order valence-corrected chi connectivity index (χ0v) is 7.42. The summed E-state index contributed by atoms with van der Waals surface area (Å²) >= 11 is 0. The number of urea groups is 1. The van der Waals surface area contributed by atoms with Crippen molar-refractivity contribution < 1.29 is 13.8 Å². The first-order valence-electron chi connectivity index (χ1n) is 2.86.